The third-order valence-corrected chi connectivity index (χ3v) is 5.22. The number of carbonyl (C=O) groups excluding carboxylic acids is 3. The van der Waals surface area contributed by atoms with Gasteiger partial charge in [-0.15, -0.1) is 0 Å². The molecular formula is C21H26N2O3. The number of Topliss-reactive ketones (excluding diaryl/α,β-unsaturated/α-hetero) is 1. The zero-order chi connectivity index (χ0) is 18.4. The Morgan fingerprint density at radius 2 is 1.69 bits per heavy atom. The van der Waals surface area contributed by atoms with Crippen molar-refractivity contribution >= 4 is 23.7 Å². The van der Waals surface area contributed by atoms with Crippen molar-refractivity contribution in [1.29, 1.82) is 0 Å². The number of benzene rings is 1. The first-order valence-electron chi connectivity index (χ1n) is 9.53. The van der Waals surface area contributed by atoms with Crippen molar-refractivity contribution in [1.82, 2.24) is 10.2 Å². The van der Waals surface area contributed by atoms with E-state index in [1.807, 2.05) is 30.3 Å². The van der Waals surface area contributed by atoms with Gasteiger partial charge in [0.15, 0.2) is 0 Å². The van der Waals surface area contributed by atoms with E-state index in [2.05, 4.69) is 5.32 Å². The fourth-order valence-electron chi connectivity index (χ4n) is 3.79. The lowest BCUT2D eigenvalue weighted by molar-refractivity contribution is -0.143. The minimum Gasteiger partial charge on any atom is -0.347 e. The SMILES string of the molecule is O=C(NC1CCCCC1)C(=O)C1CCCN1C(=O)/C=C/c1ccccc1. The van der Waals surface area contributed by atoms with Crippen molar-refractivity contribution < 1.29 is 14.4 Å². The van der Waals surface area contributed by atoms with Gasteiger partial charge in [0.1, 0.15) is 6.04 Å². The van der Waals surface area contributed by atoms with Crippen molar-refractivity contribution in [3.63, 3.8) is 0 Å². The van der Waals surface area contributed by atoms with Crippen LogP contribution in [0.15, 0.2) is 36.4 Å². The van der Waals surface area contributed by atoms with Crippen LogP contribution in [0, 0.1) is 0 Å². The molecule has 138 valence electrons. The van der Waals surface area contributed by atoms with E-state index in [1.54, 1.807) is 6.08 Å². The zero-order valence-electron chi connectivity index (χ0n) is 15.0. The van der Waals surface area contributed by atoms with Crippen LogP contribution in [0.4, 0.5) is 0 Å². The van der Waals surface area contributed by atoms with Crippen molar-refractivity contribution in [3.8, 4) is 0 Å². The number of amides is 2. The number of hydrogen-bond donors (Lipinski definition) is 1. The lowest BCUT2D eigenvalue weighted by atomic mass is 9.95. The van der Waals surface area contributed by atoms with Crippen LogP contribution in [0.1, 0.15) is 50.5 Å². The molecular weight excluding hydrogens is 328 g/mol. The van der Waals surface area contributed by atoms with E-state index in [0.717, 1.165) is 37.7 Å². The summed E-state index contributed by atoms with van der Waals surface area (Å²) in [5, 5.41) is 2.87. The summed E-state index contributed by atoms with van der Waals surface area (Å²) in [6, 6.07) is 9.01. The van der Waals surface area contributed by atoms with E-state index in [0.29, 0.717) is 13.0 Å². The van der Waals surface area contributed by atoms with E-state index in [-0.39, 0.29) is 11.9 Å². The predicted octanol–water partition coefficient (Wildman–Crippen LogP) is 2.71. The van der Waals surface area contributed by atoms with Crippen LogP contribution in [0.2, 0.25) is 0 Å². The quantitative estimate of drug-likeness (QED) is 0.653. The Balaban J connectivity index is 1.59. The topological polar surface area (TPSA) is 66.5 Å². The number of rotatable bonds is 5. The van der Waals surface area contributed by atoms with Gasteiger partial charge in [0.25, 0.3) is 5.91 Å². The van der Waals surface area contributed by atoms with Crippen molar-refractivity contribution in [2.24, 2.45) is 0 Å². The summed E-state index contributed by atoms with van der Waals surface area (Å²) < 4.78 is 0. The van der Waals surface area contributed by atoms with E-state index < -0.39 is 17.7 Å². The average molecular weight is 354 g/mol. The second-order valence-electron chi connectivity index (χ2n) is 7.11. The first-order valence-corrected chi connectivity index (χ1v) is 9.53. The van der Waals surface area contributed by atoms with Crippen LogP contribution < -0.4 is 5.32 Å². The van der Waals surface area contributed by atoms with E-state index in [4.69, 9.17) is 0 Å². The Kier molecular flexibility index (Phi) is 6.21. The van der Waals surface area contributed by atoms with Gasteiger partial charge in [-0.05, 0) is 37.3 Å². The Morgan fingerprint density at radius 3 is 2.42 bits per heavy atom. The first kappa shape index (κ1) is 18.4. The number of carbonyl (C=O) groups is 3. The van der Waals surface area contributed by atoms with Gasteiger partial charge in [-0.3, -0.25) is 14.4 Å². The van der Waals surface area contributed by atoms with Crippen LogP contribution in [0.25, 0.3) is 6.08 Å². The highest BCUT2D eigenvalue weighted by Gasteiger charge is 2.37. The third kappa shape index (κ3) is 4.59. The standard InChI is InChI=1S/C21H26N2O3/c24-19(14-13-16-8-3-1-4-9-16)23-15-7-12-18(23)20(25)21(26)22-17-10-5-2-6-11-17/h1,3-4,8-9,13-14,17-18H,2,5-7,10-12,15H2,(H,22,26)/b14-13+. The molecule has 2 fully saturated rings. The molecule has 1 aromatic carbocycles. The molecule has 1 saturated carbocycles. The zero-order valence-corrected chi connectivity index (χ0v) is 15.0. The molecule has 1 aliphatic carbocycles. The number of hydrogen-bond acceptors (Lipinski definition) is 3. The number of likely N-dealkylation sites (tertiary alicyclic amines) is 1. The lowest BCUT2D eigenvalue weighted by Crippen LogP contribution is -2.49. The Bertz CT molecular complexity index is 678. The van der Waals surface area contributed by atoms with Crippen LogP contribution in [0.5, 0.6) is 0 Å². The van der Waals surface area contributed by atoms with Crippen molar-refractivity contribution in [3.05, 3.63) is 42.0 Å². The molecule has 1 atom stereocenters. The number of ketones is 1. The van der Waals surface area contributed by atoms with E-state index >= 15 is 0 Å². The fourth-order valence-corrected chi connectivity index (χ4v) is 3.79. The molecule has 2 amide bonds. The van der Waals surface area contributed by atoms with Gasteiger partial charge in [-0.1, -0.05) is 49.6 Å². The molecule has 1 N–H and O–H groups in total. The molecule has 26 heavy (non-hydrogen) atoms. The highest BCUT2D eigenvalue weighted by molar-refractivity contribution is 6.38. The minimum atomic E-state index is -0.633. The van der Waals surface area contributed by atoms with Crippen LogP contribution in [-0.2, 0) is 14.4 Å². The molecule has 1 unspecified atom stereocenters. The second-order valence-corrected chi connectivity index (χ2v) is 7.11. The number of nitrogens with zero attached hydrogens (tertiary/aromatic N) is 1. The van der Waals surface area contributed by atoms with Crippen LogP contribution in [0.3, 0.4) is 0 Å². The molecule has 1 aliphatic heterocycles. The van der Waals surface area contributed by atoms with Crippen molar-refractivity contribution in [2.45, 2.75) is 57.0 Å². The highest BCUT2D eigenvalue weighted by Crippen LogP contribution is 2.21. The molecule has 0 radical (unpaired) electrons. The van der Waals surface area contributed by atoms with Gasteiger partial charge in [0.2, 0.25) is 11.7 Å². The summed E-state index contributed by atoms with van der Waals surface area (Å²) in [5.41, 5.74) is 0.929. The Morgan fingerprint density at radius 1 is 0.962 bits per heavy atom. The second kappa shape index (κ2) is 8.79. The third-order valence-electron chi connectivity index (χ3n) is 5.22. The van der Waals surface area contributed by atoms with Crippen LogP contribution in [-0.4, -0.2) is 41.1 Å². The molecule has 0 spiro atoms. The predicted molar refractivity (Wildman–Crippen MR) is 100 cm³/mol. The van der Waals surface area contributed by atoms with Gasteiger partial charge in [-0.2, -0.15) is 0 Å². The molecule has 0 aromatic heterocycles. The minimum absolute atomic E-state index is 0.101. The molecule has 2 aliphatic rings. The maximum Gasteiger partial charge on any atom is 0.289 e. The van der Waals surface area contributed by atoms with E-state index in [1.165, 1.54) is 17.4 Å². The molecule has 1 heterocycles. The number of nitrogens with one attached hydrogen (secondary N) is 1. The van der Waals surface area contributed by atoms with Gasteiger partial charge >= 0.3 is 0 Å². The Hall–Kier alpha value is -2.43. The molecule has 1 saturated heterocycles. The maximum absolute atomic E-state index is 12.6. The average Bonchev–Trinajstić information content (AvgIpc) is 3.17. The fraction of sp³-hybridized carbons (Fsp3) is 0.476. The summed E-state index contributed by atoms with van der Waals surface area (Å²) in [6.07, 6.45) is 9.79. The monoisotopic (exact) mass is 354 g/mol. The first-order chi connectivity index (χ1) is 12.6. The van der Waals surface area contributed by atoms with Gasteiger partial charge in [0.05, 0.1) is 0 Å². The summed E-state index contributed by atoms with van der Waals surface area (Å²) in [7, 11) is 0. The summed E-state index contributed by atoms with van der Waals surface area (Å²) in [5.74, 6) is -1.22. The maximum atomic E-state index is 12.6. The highest BCUT2D eigenvalue weighted by atomic mass is 16.2. The molecule has 3 rings (SSSR count). The smallest absolute Gasteiger partial charge is 0.289 e. The lowest BCUT2D eigenvalue weighted by Gasteiger charge is -2.25. The summed E-state index contributed by atoms with van der Waals surface area (Å²) in [4.78, 5) is 38.9. The van der Waals surface area contributed by atoms with Gasteiger partial charge < -0.3 is 10.2 Å². The molecule has 0 bridgehead atoms. The molecule has 1 aromatic rings. The van der Waals surface area contributed by atoms with Gasteiger partial charge in [-0.25, -0.2) is 0 Å². The normalized spacial score (nSPS) is 21.1. The molecule has 5 nitrogen and oxygen atoms in total. The van der Waals surface area contributed by atoms with Gasteiger partial charge in [0, 0.05) is 18.7 Å². The summed E-state index contributed by atoms with van der Waals surface area (Å²) in [6.45, 7) is 0.519. The Labute approximate surface area is 154 Å². The largest absolute Gasteiger partial charge is 0.347 e. The van der Waals surface area contributed by atoms with E-state index in [9.17, 15) is 14.4 Å². The molecule has 5 heteroatoms. The summed E-state index contributed by atoms with van der Waals surface area (Å²) >= 11 is 0. The van der Waals surface area contributed by atoms with Crippen molar-refractivity contribution in [2.75, 3.05) is 6.54 Å². The van der Waals surface area contributed by atoms with Crippen LogP contribution >= 0.6 is 0 Å².